The van der Waals surface area contributed by atoms with E-state index in [9.17, 15) is 0 Å². The fraction of sp³-hybridized carbons (Fsp3) is 0.182. The van der Waals surface area contributed by atoms with Crippen molar-refractivity contribution < 1.29 is 6.85 Å². The van der Waals surface area contributed by atoms with Gasteiger partial charge in [-0.25, -0.2) is 0 Å². The van der Waals surface area contributed by atoms with E-state index in [4.69, 9.17) is 12.6 Å². The first-order valence-corrected chi connectivity index (χ1v) is 7.85. The smallest absolute Gasteiger partial charge is 0.0629 e. The van der Waals surface area contributed by atoms with Crippen LogP contribution in [-0.4, -0.2) is 0 Å². The fourth-order valence-corrected chi connectivity index (χ4v) is 2.47. The minimum Gasteiger partial charge on any atom is -0.397 e. The van der Waals surface area contributed by atoms with Gasteiger partial charge in [-0.1, -0.05) is 69.2 Å². The zero-order valence-corrected chi connectivity index (χ0v) is 14.1. The zero-order valence-electron chi connectivity index (χ0n) is 19.1. The van der Waals surface area contributed by atoms with Gasteiger partial charge in [0, 0.05) is 11.3 Å². The second-order valence-corrected chi connectivity index (χ2v) is 6.72. The summed E-state index contributed by atoms with van der Waals surface area (Å²) >= 11 is 0. The van der Waals surface area contributed by atoms with Crippen LogP contribution in [0.3, 0.4) is 0 Å². The van der Waals surface area contributed by atoms with Crippen LogP contribution in [0.1, 0.15) is 33.2 Å². The third-order valence-corrected chi connectivity index (χ3v) is 3.89. The van der Waals surface area contributed by atoms with Crippen LogP contribution in [0.25, 0.3) is 11.1 Å². The summed E-state index contributed by atoms with van der Waals surface area (Å²) in [5.41, 5.74) is 9.45. The number of rotatable bonds is 3. The molecule has 3 rings (SSSR count). The number of nitrogen functional groups attached to an aromatic ring is 1. The Morgan fingerprint density at radius 3 is 2.29 bits per heavy atom. The van der Waals surface area contributed by atoms with Gasteiger partial charge in [-0.2, -0.15) is 0 Å². The number of para-hydroxylation sites is 2. The van der Waals surface area contributed by atoms with Gasteiger partial charge in [0.05, 0.1) is 18.2 Å². The second-order valence-electron chi connectivity index (χ2n) is 6.72. The van der Waals surface area contributed by atoms with Crippen molar-refractivity contribution in [3.05, 3.63) is 78.2 Å². The highest BCUT2D eigenvalue weighted by molar-refractivity contribution is 5.84. The molecule has 0 bridgehead atoms. The lowest BCUT2D eigenvalue weighted by Crippen LogP contribution is -2.11. The van der Waals surface area contributed by atoms with Crippen LogP contribution in [0.4, 0.5) is 17.1 Å². The molecule has 0 amide bonds. The number of nitrogens with two attached hydrogens (primary N) is 1. The van der Waals surface area contributed by atoms with E-state index in [0.717, 1.165) is 5.56 Å². The molecule has 0 aromatic heterocycles. The molecule has 0 unspecified atom stereocenters. The highest BCUT2D eigenvalue weighted by Gasteiger charge is 2.16. The van der Waals surface area contributed by atoms with Gasteiger partial charge < -0.3 is 11.1 Å². The molecule has 0 atom stereocenters. The van der Waals surface area contributed by atoms with Crippen molar-refractivity contribution in [3.63, 3.8) is 0 Å². The van der Waals surface area contributed by atoms with Crippen molar-refractivity contribution in [2.24, 2.45) is 0 Å². The van der Waals surface area contributed by atoms with Gasteiger partial charge in [0.2, 0.25) is 0 Å². The SMILES string of the molecule is [2H]c1c([2H])c([2H])c(-c2cc(C(C)(C)C)ccc2Nc2ccccc2N)c([2H])c1[2H]. The lowest BCUT2D eigenvalue weighted by molar-refractivity contribution is 0.590. The summed E-state index contributed by atoms with van der Waals surface area (Å²) in [5.74, 6) is 0. The standard InChI is InChI=1S/C22H24N2/c1-22(2,3)17-13-14-20(24-21-12-8-7-11-19(21)23)18(15-17)16-9-5-4-6-10-16/h4-15,24H,23H2,1-3H3/i4D,5D,6D,9D,10D. The monoisotopic (exact) mass is 321 g/mol. The van der Waals surface area contributed by atoms with Crippen LogP contribution >= 0.6 is 0 Å². The van der Waals surface area contributed by atoms with Gasteiger partial charge in [-0.05, 0) is 40.8 Å². The van der Waals surface area contributed by atoms with Crippen LogP contribution in [0.2, 0.25) is 0 Å². The van der Waals surface area contributed by atoms with E-state index in [-0.39, 0.29) is 35.1 Å². The Morgan fingerprint density at radius 2 is 1.62 bits per heavy atom. The molecule has 2 heteroatoms. The van der Waals surface area contributed by atoms with E-state index in [0.29, 0.717) is 22.6 Å². The summed E-state index contributed by atoms with van der Waals surface area (Å²) < 4.78 is 40.7. The Hall–Kier alpha value is -2.74. The average molecular weight is 321 g/mol. The van der Waals surface area contributed by atoms with Crippen LogP contribution in [-0.2, 0) is 5.41 Å². The van der Waals surface area contributed by atoms with Crippen LogP contribution < -0.4 is 11.1 Å². The molecule has 0 saturated carbocycles. The van der Waals surface area contributed by atoms with Crippen molar-refractivity contribution >= 4 is 17.1 Å². The molecule has 3 N–H and O–H groups in total. The second kappa shape index (κ2) is 6.40. The van der Waals surface area contributed by atoms with Gasteiger partial charge >= 0.3 is 0 Å². The molecular formula is C22H24N2. The quantitative estimate of drug-likeness (QED) is 0.583. The van der Waals surface area contributed by atoms with Gasteiger partial charge in [-0.15, -0.1) is 0 Å². The van der Waals surface area contributed by atoms with Gasteiger partial charge in [0.1, 0.15) is 0 Å². The van der Waals surface area contributed by atoms with E-state index >= 15 is 0 Å². The number of nitrogens with one attached hydrogen (secondary N) is 1. The molecule has 0 radical (unpaired) electrons. The third kappa shape index (κ3) is 3.43. The van der Waals surface area contributed by atoms with Crippen molar-refractivity contribution in [2.45, 2.75) is 26.2 Å². The molecule has 0 aliphatic heterocycles. The summed E-state index contributed by atoms with van der Waals surface area (Å²) in [5, 5.41) is 3.26. The maximum absolute atomic E-state index is 8.39. The van der Waals surface area contributed by atoms with Gasteiger partial charge in [0.25, 0.3) is 0 Å². The van der Waals surface area contributed by atoms with E-state index in [1.165, 1.54) is 0 Å². The highest BCUT2D eigenvalue weighted by Crippen LogP contribution is 2.35. The largest absolute Gasteiger partial charge is 0.397 e. The van der Waals surface area contributed by atoms with Crippen LogP contribution in [0.15, 0.2) is 72.7 Å². The predicted octanol–water partition coefficient (Wildman–Crippen LogP) is 5.98. The molecule has 0 aliphatic carbocycles. The predicted molar refractivity (Wildman–Crippen MR) is 105 cm³/mol. The molecule has 24 heavy (non-hydrogen) atoms. The first-order chi connectivity index (χ1) is 13.5. The highest BCUT2D eigenvalue weighted by atomic mass is 14.9. The summed E-state index contributed by atoms with van der Waals surface area (Å²) in [6.07, 6.45) is 0. The summed E-state index contributed by atoms with van der Waals surface area (Å²) in [6.45, 7) is 6.20. The van der Waals surface area contributed by atoms with Gasteiger partial charge in [-0.3, -0.25) is 0 Å². The fourth-order valence-electron chi connectivity index (χ4n) is 2.47. The molecular weight excluding hydrogens is 292 g/mol. The normalized spacial score (nSPS) is 14.2. The van der Waals surface area contributed by atoms with Crippen LogP contribution in [0, 0.1) is 0 Å². The molecule has 0 spiro atoms. The zero-order chi connectivity index (χ0) is 21.5. The summed E-state index contributed by atoms with van der Waals surface area (Å²) in [6, 6.07) is 11.4. The molecule has 2 nitrogen and oxygen atoms in total. The number of hydrogen-bond acceptors (Lipinski definition) is 2. The molecule has 0 fully saturated rings. The molecule has 3 aromatic carbocycles. The maximum Gasteiger partial charge on any atom is 0.0629 e. The van der Waals surface area contributed by atoms with E-state index in [1.54, 1.807) is 6.07 Å². The molecule has 0 saturated heterocycles. The minimum absolute atomic E-state index is 0.166. The number of anilines is 3. The number of benzene rings is 3. The lowest BCUT2D eigenvalue weighted by atomic mass is 9.85. The Morgan fingerprint density at radius 1 is 0.917 bits per heavy atom. The van der Waals surface area contributed by atoms with Crippen molar-refractivity contribution in [1.29, 1.82) is 0 Å². The Labute approximate surface area is 151 Å². The summed E-state index contributed by atoms with van der Waals surface area (Å²) in [4.78, 5) is 0. The average Bonchev–Trinajstić information content (AvgIpc) is 2.67. The minimum atomic E-state index is -0.405. The van der Waals surface area contributed by atoms with E-state index in [1.807, 2.05) is 36.4 Å². The number of hydrogen-bond donors (Lipinski definition) is 2. The lowest BCUT2D eigenvalue weighted by Gasteiger charge is -2.22. The maximum atomic E-state index is 8.39. The van der Waals surface area contributed by atoms with Crippen molar-refractivity contribution in [1.82, 2.24) is 0 Å². The first kappa shape index (κ1) is 10.9. The van der Waals surface area contributed by atoms with Crippen LogP contribution in [0.5, 0.6) is 0 Å². The molecule has 0 aliphatic rings. The summed E-state index contributed by atoms with van der Waals surface area (Å²) in [7, 11) is 0. The Kier molecular flexibility index (Phi) is 2.92. The molecule has 0 heterocycles. The molecule has 122 valence electrons. The topological polar surface area (TPSA) is 38.0 Å². The first-order valence-electron chi connectivity index (χ1n) is 10.4. The third-order valence-electron chi connectivity index (χ3n) is 3.89. The van der Waals surface area contributed by atoms with E-state index in [2.05, 4.69) is 26.1 Å². The Balaban J connectivity index is 2.31. The van der Waals surface area contributed by atoms with Crippen molar-refractivity contribution in [3.8, 4) is 11.1 Å². The van der Waals surface area contributed by atoms with E-state index < -0.39 is 6.04 Å². The molecule has 3 aromatic rings. The van der Waals surface area contributed by atoms with Crippen molar-refractivity contribution in [2.75, 3.05) is 11.1 Å². The van der Waals surface area contributed by atoms with Gasteiger partial charge in [0.15, 0.2) is 0 Å². The Bertz CT molecular complexity index is 1060.